The number of methoxy groups -OCH3 is 1. The normalized spacial score (nSPS) is 11.0. The Morgan fingerprint density at radius 1 is 1.32 bits per heavy atom. The molecule has 4 rings (SSSR count). The number of ether oxygens (including phenoxy) is 1. The molecule has 0 unspecified atom stereocenters. The molecule has 0 spiro atoms. The second-order valence-corrected chi connectivity index (χ2v) is 7.78. The molecule has 160 valence electrons. The molecular formula is C22H23N5O3S. The monoisotopic (exact) mass is 437 g/mol. The van der Waals surface area contributed by atoms with Gasteiger partial charge in [0.25, 0.3) is 5.91 Å². The third-order valence-corrected chi connectivity index (χ3v) is 5.73. The zero-order valence-corrected chi connectivity index (χ0v) is 18.2. The second kappa shape index (κ2) is 9.67. The van der Waals surface area contributed by atoms with E-state index in [1.54, 1.807) is 32.0 Å². The van der Waals surface area contributed by atoms with Crippen LogP contribution in [0.15, 0.2) is 52.9 Å². The van der Waals surface area contributed by atoms with Gasteiger partial charge >= 0.3 is 0 Å². The van der Waals surface area contributed by atoms with Gasteiger partial charge in [-0.2, -0.15) is 0 Å². The van der Waals surface area contributed by atoms with Crippen molar-refractivity contribution in [1.82, 2.24) is 24.8 Å². The van der Waals surface area contributed by atoms with Crippen LogP contribution in [0.25, 0.3) is 22.1 Å². The highest BCUT2D eigenvalue weighted by Gasteiger charge is 2.21. The van der Waals surface area contributed by atoms with E-state index in [1.807, 2.05) is 30.5 Å². The predicted molar refractivity (Wildman–Crippen MR) is 118 cm³/mol. The van der Waals surface area contributed by atoms with Crippen LogP contribution in [-0.4, -0.2) is 45.7 Å². The summed E-state index contributed by atoms with van der Waals surface area (Å²) in [7, 11) is 1.65. The standard InChI is InChI=1S/C22H23N5O3S/c1-15-17(21(28)25-6-4-9-29-2)11-20(27(15)13-16-5-3-10-30-16)19-14-31-22(26-19)18-12-23-7-8-24-18/h3,5,7-8,10-12,14H,4,6,9,13H2,1-2H3,(H,25,28). The third kappa shape index (κ3) is 4.73. The number of nitrogens with zero attached hydrogens (tertiary/aromatic N) is 4. The molecule has 0 radical (unpaired) electrons. The zero-order chi connectivity index (χ0) is 21.6. The Bertz CT molecular complexity index is 1140. The summed E-state index contributed by atoms with van der Waals surface area (Å²) in [5.74, 6) is 0.689. The minimum absolute atomic E-state index is 0.113. The van der Waals surface area contributed by atoms with Gasteiger partial charge in [0.2, 0.25) is 0 Å². The Hall–Kier alpha value is -3.30. The van der Waals surface area contributed by atoms with E-state index in [1.165, 1.54) is 11.3 Å². The maximum absolute atomic E-state index is 12.8. The molecule has 8 nitrogen and oxygen atoms in total. The quantitative estimate of drug-likeness (QED) is 0.400. The van der Waals surface area contributed by atoms with Crippen molar-refractivity contribution in [3.05, 3.63) is 65.5 Å². The summed E-state index contributed by atoms with van der Waals surface area (Å²) >= 11 is 1.49. The van der Waals surface area contributed by atoms with E-state index in [2.05, 4.69) is 19.9 Å². The Kier molecular flexibility index (Phi) is 6.54. The van der Waals surface area contributed by atoms with Crippen molar-refractivity contribution in [1.29, 1.82) is 0 Å². The number of nitrogens with one attached hydrogen (secondary N) is 1. The number of hydrogen-bond donors (Lipinski definition) is 1. The van der Waals surface area contributed by atoms with E-state index in [9.17, 15) is 4.79 Å². The van der Waals surface area contributed by atoms with Gasteiger partial charge in [0.15, 0.2) is 0 Å². The molecule has 0 aliphatic heterocycles. The highest BCUT2D eigenvalue weighted by Crippen LogP contribution is 2.31. The molecule has 0 aliphatic rings. The molecule has 31 heavy (non-hydrogen) atoms. The first kappa shape index (κ1) is 21.0. The van der Waals surface area contributed by atoms with Crippen molar-refractivity contribution < 1.29 is 13.9 Å². The average Bonchev–Trinajstić information content (AvgIpc) is 3.54. The van der Waals surface area contributed by atoms with Crippen molar-refractivity contribution in [2.24, 2.45) is 0 Å². The average molecular weight is 438 g/mol. The molecule has 0 fully saturated rings. The van der Waals surface area contributed by atoms with Gasteiger partial charge in [-0.3, -0.25) is 14.8 Å². The summed E-state index contributed by atoms with van der Waals surface area (Å²) in [5.41, 5.74) is 3.81. The van der Waals surface area contributed by atoms with Crippen molar-refractivity contribution in [2.75, 3.05) is 20.3 Å². The Balaban J connectivity index is 1.67. The van der Waals surface area contributed by atoms with Crippen LogP contribution in [0.2, 0.25) is 0 Å². The molecule has 1 N–H and O–H groups in total. The van der Waals surface area contributed by atoms with Gasteiger partial charge in [0.05, 0.1) is 36.0 Å². The third-order valence-electron chi connectivity index (χ3n) is 4.86. The van der Waals surface area contributed by atoms with Gasteiger partial charge in [-0.25, -0.2) is 4.98 Å². The molecule has 0 saturated heterocycles. The molecule has 0 aliphatic carbocycles. The predicted octanol–water partition coefficient (Wildman–Crippen LogP) is 3.78. The molecule has 4 heterocycles. The number of furan rings is 1. The Morgan fingerprint density at radius 2 is 2.23 bits per heavy atom. The summed E-state index contributed by atoms with van der Waals surface area (Å²) < 4.78 is 12.7. The van der Waals surface area contributed by atoms with Gasteiger partial charge < -0.3 is 19.0 Å². The van der Waals surface area contributed by atoms with E-state index in [4.69, 9.17) is 14.1 Å². The lowest BCUT2D eigenvalue weighted by Crippen LogP contribution is -2.25. The fourth-order valence-electron chi connectivity index (χ4n) is 3.28. The molecule has 1 amide bonds. The van der Waals surface area contributed by atoms with Crippen LogP contribution < -0.4 is 5.32 Å². The lowest BCUT2D eigenvalue weighted by molar-refractivity contribution is 0.0948. The summed E-state index contributed by atoms with van der Waals surface area (Å²) in [6.07, 6.45) is 7.37. The molecule has 9 heteroatoms. The van der Waals surface area contributed by atoms with E-state index < -0.39 is 0 Å². The number of aromatic nitrogens is 4. The highest BCUT2D eigenvalue weighted by atomic mass is 32.1. The number of carbonyl (C=O) groups is 1. The fourth-order valence-corrected chi connectivity index (χ4v) is 4.06. The lowest BCUT2D eigenvalue weighted by Gasteiger charge is -2.09. The van der Waals surface area contributed by atoms with Gasteiger partial charge in [0.1, 0.15) is 16.5 Å². The second-order valence-electron chi connectivity index (χ2n) is 6.92. The molecule has 4 aromatic rings. The van der Waals surface area contributed by atoms with Crippen LogP contribution in [0, 0.1) is 6.92 Å². The first-order valence-electron chi connectivity index (χ1n) is 9.89. The van der Waals surface area contributed by atoms with Crippen LogP contribution in [0.5, 0.6) is 0 Å². The van der Waals surface area contributed by atoms with E-state index >= 15 is 0 Å². The summed E-state index contributed by atoms with van der Waals surface area (Å²) in [4.78, 5) is 26.0. The minimum Gasteiger partial charge on any atom is -0.467 e. The van der Waals surface area contributed by atoms with Crippen molar-refractivity contribution >= 4 is 17.2 Å². The van der Waals surface area contributed by atoms with E-state index in [0.717, 1.165) is 40.0 Å². The largest absolute Gasteiger partial charge is 0.467 e. The fraction of sp³-hybridized carbons (Fsp3) is 0.273. The minimum atomic E-state index is -0.113. The Morgan fingerprint density at radius 3 is 2.97 bits per heavy atom. The van der Waals surface area contributed by atoms with E-state index in [0.29, 0.717) is 25.3 Å². The van der Waals surface area contributed by atoms with Gasteiger partial charge in [0, 0.05) is 43.7 Å². The first-order valence-corrected chi connectivity index (χ1v) is 10.8. The number of rotatable bonds is 9. The van der Waals surface area contributed by atoms with Crippen LogP contribution >= 0.6 is 11.3 Å². The van der Waals surface area contributed by atoms with Crippen LogP contribution in [0.3, 0.4) is 0 Å². The van der Waals surface area contributed by atoms with Crippen LogP contribution in [-0.2, 0) is 11.3 Å². The zero-order valence-electron chi connectivity index (χ0n) is 17.4. The van der Waals surface area contributed by atoms with Crippen molar-refractivity contribution in [3.63, 3.8) is 0 Å². The molecule has 0 atom stereocenters. The molecule has 0 saturated carbocycles. The molecule has 0 aromatic carbocycles. The molecule has 0 bridgehead atoms. The van der Waals surface area contributed by atoms with E-state index in [-0.39, 0.29) is 5.91 Å². The molecule has 4 aromatic heterocycles. The SMILES string of the molecule is COCCCNC(=O)c1cc(-c2csc(-c3cnccn3)n2)n(Cc2ccco2)c1C. The summed E-state index contributed by atoms with van der Waals surface area (Å²) in [6, 6.07) is 5.66. The van der Waals surface area contributed by atoms with Crippen LogP contribution in [0.4, 0.5) is 0 Å². The van der Waals surface area contributed by atoms with Crippen molar-refractivity contribution in [3.8, 4) is 22.1 Å². The summed E-state index contributed by atoms with van der Waals surface area (Å²) in [6.45, 7) is 3.60. The first-order chi connectivity index (χ1) is 15.2. The van der Waals surface area contributed by atoms with Gasteiger partial charge in [-0.15, -0.1) is 11.3 Å². The van der Waals surface area contributed by atoms with Gasteiger partial charge in [-0.1, -0.05) is 0 Å². The van der Waals surface area contributed by atoms with Crippen molar-refractivity contribution in [2.45, 2.75) is 19.9 Å². The van der Waals surface area contributed by atoms with Crippen LogP contribution in [0.1, 0.15) is 28.2 Å². The summed E-state index contributed by atoms with van der Waals surface area (Å²) in [5, 5.41) is 5.71. The maximum Gasteiger partial charge on any atom is 0.253 e. The smallest absolute Gasteiger partial charge is 0.253 e. The lowest BCUT2D eigenvalue weighted by atomic mass is 10.2. The maximum atomic E-state index is 12.8. The Labute approximate surface area is 183 Å². The number of amides is 1. The number of thiazole rings is 1. The van der Waals surface area contributed by atoms with Gasteiger partial charge in [-0.05, 0) is 31.5 Å². The highest BCUT2D eigenvalue weighted by molar-refractivity contribution is 7.13. The molecular weight excluding hydrogens is 414 g/mol. The topological polar surface area (TPSA) is 95.1 Å². The number of hydrogen-bond acceptors (Lipinski definition) is 7. The number of carbonyl (C=O) groups excluding carboxylic acids is 1.